The van der Waals surface area contributed by atoms with E-state index in [2.05, 4.69) is 6.58 Å². The van der Waals surface area contributed by atoms with Crippen molar-refractivity contribution >= 4 is 11.9 Å². The maximum atomic E-state index is 11.7. The molecule has 0 aromatic rings. The molecule has 0 aromatic heterocycles. The van der Waals surface area contributed by atoms with E-state index in [-0.39, 0.29) is 12.0 Å². The zero-order valence-corrected chi connectivity index (χ0v) is 15.8. The van der Waals surface area contributed by atoms with Crippen LogP contribution in [0.15, 0.2) is 12.2 Å². The van der Waals surface area contributed by atoms with E-state index < -0.39 is 11.9 Å². The van der Waals surface area contributed by atoms with Crippen LogP contribution in [-0.4, -0.2) is 51.6 Å². The second-order valence-electron chi connectivity index (χ2n) is 5.65. The van der Waals surface area contributed by atoms with Crippen LogP contribution in [0.1, 0.15) is 58.8 Å². The Hall–Kier alpha value is -1.40. The molecule has 0 saturated heterocycles. The molecule has 0 radical (unpaired) electrons. The van der Waals surface area contributed by atoms with Crippen molar-refractivity contribution in [3.8, 4) is 0 Å². The monoisotopic (exact) mass is 358 g/mol. The van der Waals surface area contributed by atoms with E-state index >= 15 is 0 Å². The van der Waals surface area contributed by atoms with E-state index in [1.54, 1.807) is 0 Å². The van der Waals surface area contributed by atoms with Gasteiger partial charge in [-0.15, -0.1) is 0 Å². The van der Waals surface area contributed by atoms with Crippen LogP contribution in [0.2, 0.25) is 0 Å². The number of rotatable bonds is 17. The summed E-state index contributed by atoms with van der Waals surface area (Å²) in [5.74, 6) is -0.970. The van der Waals surface area contributed by atoms with Crippen molar-refractivity contribution in [1.82, 2.24) is 0 Å². The van der Waals surface area contributed by atoms with Gasteiger partial charge in [0.05, 0.1) is 19.6 Å². The van der Waals surface area contributed by atoms with E-state index in [9.17, 15) is 9.59 Å². The zero-order valence-electron chi connectivity index (χ0n) is 15.8. The van der Waals surface area contributed by atoms with Crippen LogP contribution >= 0.6 is 0 Å². The normalized spacial score (nSPS) is 10.5. The molecule has 0 rings (SSSR count). The highest BCUT2D eigenvalue weighted by Crippen LogP contribution is 2.06. The van der Waals surface area contributed by atoms with E-state index in [1.807, 2.05) is 13.8 Å². The molecule has 0 spiro atoms. The Morgan fingerprint density at radius 1 is 0.720 bits per heavy atom. The Balaban J connectivity index is 3.57. The topological polar surface area (TPSA) is 71.1 Å². The van der Waals surface area contributed by atoms with Gasteiger partial charge in [-0.05, 0) is 52.4 Å². The minimum absolute atomic E-state index is 0.123. The molecule has 0 amide bonds. The summed E-state index contributed by atoms with van der Waals surface area (Å²) in [6.07, 6.45) is 5.22. The Morgan fingerprint density at radius 2 is 1.20 bits per heavy atom. The molecule has 6 nitrogen and oxygen atoms in total. The van der Waals surface area contributed by atoms with E-state index in [0.29, 0.717) is 13.2 Å². The van der Waals surface area contributed by atoms with Gasteiger partial charge in [-0.3, -0.25) is 4.79 Å². The fraction of sp³-hybridized carbons (Fsp3) is 0.789. The van der Waals surface area contributed by atoms with Crippen molar-refractivity contribution in [3.05, 3.63) is 12.2 Å². The van der Waals surface area contributed by atoms with Gasteiger partial charge in [-0.2, -0.15) is 0 Å². The standard InChI is InChI=1S/C19H34O6/c1-4-22-12-8-6-10-14-24-18(20)16-17(3)19(21)25-15-11-7-9-13-23-5-2/h3-16H2,1-2H3. The number of carbonyl (C=O) groups excluding carboxylic acids is 2. The highest BCUT2D eigenvalue weighted by atomic mass is 16.5. The fourth-order valence-electron chi connectivity index (χ4n) is 2.00. The molecule has 0 aromatic carbocycles. The van der Waals surface area contributed by atoms with Crippen LogP contribution < -0.4 is 0 Å². The third-order valence-electron chi connectivity index (χ3n) is 3.42. The lowest BCUT2D eigenvalue weighted by Crippen LogP contribution is -2.14. The first-order valence-corrected chi connectivity index (χ1v) is 9.27. The van der Waals surface area contributed by atoms with E-state index in [0.717, 1.165) is 65.0 Å². The number of hydrogen-bond donors (Lipinski definition) is 0. The van der Waals surface area contributed by atoms with Crippen LogP contribution in [0.25, 0.3) is 0 Å². The maximum Gasteiger partial charge on any atom is 0.333 e. The molecule has 25 heavy (non-hydrogen) atoms. The molecule has 0 aliphatic carbocycles. The molecule has 0 saturated carbocycles. The van der Waals surface area contributed by atoms with Gasteiger partial charge in [-0.25, -0.2) is 4.79 Å². The lowest BCUT2D eigenvalue weighted by molar-refractivity contribution is -0.146. The molecule has 0 aliphatic heterocycles. The smallest absolute Gasteiger partial charge is 0.333 e. The van der Waals surface area contributed by atoms with Gasteiger partial charge in [-0.1, -0.05) is 6.58 Å². The predicted octanol–water partition coefficient (Wildman–Crippen LogP) is 3.43. The summed E-state index contributed by atoms with van der Waals surface area (Å²) >= 11 is 0. The van der Waals surface area contributed by atoms with Gasteiger partial charge >= 0.3 is 11.9 Å². The van der Waals surface area contributed by atoms with Gasteiger partial charge in [0.15, 0.2) is 0 Å². The van der Waals surface area contributed by atoms with Crippen molar-refractivity contribution in [3.63, 3.8) is 0 Å². The predicted molar refractivity (Wildman–Crippen MR) is 96.4 cm³/mol. The number of ether oxygens (including phenoxy) is 4. The highest BCUT2D eigenvalue weighted by Gasteiger charge is 2.14. The maximum absolute atomic E-state index is 11.7. The number of unbranched alkanes of at least 4 members (excludes halogenated alkanes) is 4. The Labute approximate surface area is 151 Å². The van der Waals surface area contributed by atoms with Crippen LogP contribution in [0, 0.1) is 0 Å². The molecule has 0 N–H and O–H groups in total. The van der Waals surface area contributed by atoms with Crippen molar-refractivity contribution < 1.29 is 28.5 Å². The van der Waals surface area contributed by atoms with Gasteiger partial charge in [0.1, 0.15) is 0 Å². The lowest BCUT2D eigenvalue weighted by atomic mass is 10.2. The van der Waals surface area contributed by atoms with Gasteiger partial charge in [0.2, 0.25) is 0 Å². The molecular weight excluding hydrogens is 324 g/mol. The fourth-order valence-corrected chi connectivity index (χ4v) is 2.00. The van der Waals surface area contributed by atoms with Crippen molar-refractivity contribution in [2.45, 2.75) is 58.8 Å². The SMILES string of the molecule is C=C(CC(=O)OCCCCCOCC)C(=O)OCCCCCOCC. The molecule has 0 unspecified atom stereocenters. The number of carbonyl (C=O) groups is 2. The summed E-state index contributed by atoms with van der Waals surface area (Å²) < 4.78 is 20.6. The Bertz CT molecular complexity index is 367. The molecule has 146 valence electrons. The molecule has 0 bridgehead atoms. The highest BCUT2D eigenvalue weighted by molar-refractivity contribution is 5.93. The minimum Gasteiger partial charge on any atom is -0.465 e. The average molecular weight is 358 g/mol. The quantitative estimate of drug-likeness (QED) is 0.225. The van der Waals surface area contributed by atoms with Crippen molar-refractivity contribution in [1.29, 1.82) is 0 Å². The summed E-state index contributed by atoms with van der Waals surface area (Å²) in [5, 5.41) is 0. The number of esters is 2. The summed E-state index contributed by atoms with van der Waals surface area (Å²) in [5.41, 5.74) is 0.135. The molecule has 0 fully saturated rings. The second kappa shape index (κ2) is 17.4. The van der Waals surface area contributed by atoms with Crippen LogP contribution in [-0.2, 0) is 28.5 Å². The van der Waals surface area contributed by atoms with E-state index in [1.165, 1.54) is 0 Å². The number of hydrogen-bond acceptors (Lipinski definition) is 6. The molecule has 0 atom stereocenters. The minimum atomic E-state index is -0.529. The van der Waals surface area contributed by atoms with Crippen molar-refractivity contribution in [2.24, 2.45) is 0 Å². The Kier molecular flexibility index (Phi) is 16.4. The summed E-state index contributed by atoms with van der Waals surface area (Å²) in [6, 6.07) is 0. The first kappa shape index (κ1) is 23.6. The van der Waals surface area contributed by atoms with Crippen LogP contribution in [0.5, 0.6) is 0 Å². The second-order valence-corrected chi connectivity index (χ2v) is 5.65. The lowest BCUT2D eigenvalue weighted by Gasteiger charge is -2.08. The average Bonchev–Trinajstić information content (AvgIpc) is 2.59. The van der Waals surface area contributed by atoms with Gasteiger partial charge < -0.3 is 18.9 Å². The first-order valence-electron chi connectivity index (χ1n) is 9.27. The zero-order chi connectivity index (χ0) is 18.8. The summed E-state index contributed by atoms with van der Waals surface area (Å²) in [4.78, 5) is 23.4. The molecular formula is C19H34O6. The van der Waals surface area contributed by atoms with Crippen molar-refractivity contribution in [2.75, 3.05) is 39.6 Å². The largest absolute Gasteiger partial charge is 0.465 e. The third kappa shape index (κ3) is 15.8. The molecule has 0 aliphatic rings. The van der Waals surface area contributed by atoms with Gasteiger partial charge in [0, 0.05) is 32.0 Å². The van der Waals surface area contributed by atoms with Crippen LogP contribution in [0.3, 0.4) is 0 Å². The van der Waals surface area contributed by atoms with Crippen LogP contribution in [0.4, 0.5) is 0 Å². The Morgan fingerprint density at radius 3 is 1.72 bits per heavy atom. The third-order valence-corrected chi connectivity index (χ3v) is 3.42. The molecule has 6 heteroatoms. The first-order chi connectivity index (χ1) is 12.1. The molecule has 0 heterocycles. The van der Waals surface area contributed by atoms with Gasteiger partial charge in [0.25, 0.3) is 0 Å². The van der Waals surface area contributed by atoms with E-state index in [4.69, 9.17) is 18.9 Å². The summed E-state index contributed by atoms with van der Waals surface area (Å²) in [6.45, 7) is 11.1. The summed E-state index contributed by atoms with van der Waals surface area (Å²) in [7, 11) is 0.